The molecule has 0 saturated heterocycles. The van der Waals surface area contributed by atoms with Gasteiger partial charge in [0.1, 0.15) is 19.0 Å². The van der Waals surface area contributed by atoms with Gasteiger partial charge in [-0.1, -0.05) is 36.4 Å². The average Bonchev–Trinajstić information content (AvgIpc) is 2.87. The number of para-hydroxylation sites is 1. The molecule has 0 amide bonds. The highest BCUT2D eigenvalue weighted by Crippen LogP contribution is 2.29. The normalized spacial score (nSPS) is 11.3. The summed E-state index contributed by atoms with van der Waals surface area (Å²) < 4.78 is 17.2. The van der Waals surface area contributed by atoms with Crippen LogP contribution in [0.4, 0.5) is 0 Å². The van der Waals surface area contributed by atoms with Crippen molar-refractivity contribution in [2.45, 2.75) is 13.2 Å². The molecule has 168 valence electrons. The van der Waals surface area contributed by atoms with Gasteiger partial charge in [0.25, 0.3) is 0 Å². The SMILES string of the molecule is COc1cc(C(=NN)NN)ccc1OCc1ccc(OCc2ccc3ccccc3n2)cc1. The highest BCUT2D eigenvalue weighted by molar-refractivity contribution is 5.98. The van der Waals surface area contributed by atoms with Crippen molar-refractivity contribution in [1.29, 1.82) is 0 Å². The Morgan fingerprint density at radius 3 is 2.48 bits per heavy atom. The number of hydrogen-bond donors (Lipinski definition) is 3. The van der Waals surface area contributed by atoms with Gasteiger partial charge in [0.05, 0.1) is 18.3 Å². The second kappa shape index (κ2) is 10.3. The highest BCUT2D eigenvalue weighted by atomic mass is 16.5. The van der Waals surface area contributed by atoms with E-state index in [1.807, 2.05) is 54.6 Å². The number of hydrazine groups is 1. The first-order valence-electron chi connectivity index (χ1n) is 10.3. The van der Waals surface area contributed by atoms with Gasteiger partial charge in [-0.25, -0.2) is 10.8 Å². The molecule has 0 aliphatic rings. The summed E-state index contributed by atoms with van der Waals surface area (Å²) in [5, 5.41) is 4.71. The van der Waals surface area contributed by atoms with Crippen LogP contribution in [-0.2, 0) is 13.2 Å². The molecule has 5 N–H and O–H groups in total. The molecule has 4 rings (SSSR count). The zero-order chi connectivity index (χ0) is 23.0. The van der Waals surface area contributed by atoms with Crippen molar-refractivity contribution in [2.24, 2.45) is 16.8 Å². The Morgan fingerprint density at radius 1 is 0.909 bits per heavy atom. The summed E-state index contributed by atoms with van der Waals surface area (Å²) in [6.07, 6.45) is 0. The van der Waals surface area contributed by atoms with Gasteiger partial charge in [-0.3, -0.25) is 0 Å². The maximum absolute atomic E-state index is 5.93. The molecule has 8 nitrogen and oxygen atoms in total. The van der Waals surface area contributed by atoms with Gasteiger partial charge in [-0.2, -0.15) is 5.10 Å². The molecule has 0 radical (unpaired) electrons. The third-order valence-corrected chi connectivity index (χ3v) is 5.06. The van der Waals surface area contributed by atoms with Gasteiger partial charge in [-0.15, -0.1) is 0 Å². The van der Waals surface area contributed by atoms with Crippen molar-refractivity contribution < 1.29 is 14.2 Å². The van der Waals surface area contributed by atoms with Crippen LogP contribution in [-0.4, -0.2) is 17.9 Å². The van der Waals surface area contributed by atoms with E-state index >= 15 is 0 Å². The molecule has 4 aromatic rings. The maximum atomic E-state index is 5.93. The molecule has 0 aliphatic heterocycles. The van der Waals surface area contributed by atoms with Gasteiger partial charge in [0.15, 0.2) is 17.3 Å². The molecule has 0 atom stereocenters. The predicted octanol–water partition coefficient (Wildman–Crippen LogP) is 3.49. The van der Waals surface area contributed by atoms with Crippen LogP contribution in [0.1, 0.15) is 16.8 Å². The smallest absolute Gasteiger partial charge is 0.166 e. The van der Waals surface area contributed by atoms with Gasteiger partial charge < -0.3 is 25.5 Å². The molecular weight excluding hydrogens is 418 g/mol. The topological polar surface area (TPSA) is 117 Å². The Morgan fingerprint density at radius 2 is 1.73 bits per heavy atom. The van der Waals surface area contributed by atoms with Crippen LogP contribution in [0.25, 0.3) is 10.9 Å². The second-order valence-corrected chi connectivity index (χ2v) is 7.20. The van der Waals surface area contributed by atoms with Gasteiger partial charge in [0.2, 0.25) is 0 Å². The van der Waals surface area contributed by atoms with Crippen molar-refractivity contribution in [1.82, 2.24) is 10.4 Å². The molecule has 0 aliphatic carbocycles. The minimum absolute atomic E-state index is 0.342. The number of hydrogen-bond acceptors (Lipinski definition) is 7. The van der Waals surface area contributed by atoms with Crippen LogP contribution in [0.5, 0.6) is 17.2 Å². The summed E-state index contributed by atoms with van der Waals surface area (Å²) in [6, 6.07) is 25.1. The molecule has 0 spiro atoms. The largest absolute Gasteiger partial charge is 0.493 e. The number of benzene rings is 3. The monoisotopic (exact) mass is 443 g/mol. The lowest BCUT2D eigenvalue weighted by Crippen LogP contribution is -2.32. The summed E-state index contributed by atoms with van der Waals surface area (Å²) in [7, 11) is 1.57. The van der Waals surface area contributed by atoms with Crippen LogP contribution < -0.4 is 31.3 Å². The van der Waals surface area contributed by atoms with Crippen molar-refractivity contribution in [3.8, 4) is 17.2 Å². The molecule has 3 aromatic carbocycles. The summed E-state index contributed by atoms with van der Waals surface area (Å²) >= 11 is 0. The minimum Gasteiger partial charge on any atom is -0.493 e. The van der Waals surface area contributed by atoms with Gasteiger partial charge in [-0.05, 0) is 48.0 Å². The van der Waals surface area contributed by atoms with E-state index in [1.165, 1.54) is 0 Å². The lowest BCUT2D eigenvalue weighted by molar-refractivity contribution is 0.283. The Balaban J connectivity index is 1.35. The number of amidine groups is 1. The molecule has 33 heavy (non-hydrogen) atoms. The first kappa shape index (κ1) is 21.9. The maximum Gasteiger partial charge on any atom is 0.166 e. The number of rotatable bonds is 8. The lowest BCUT2D eigenvalue weighted by Gasteiger charge is -2.13. The first-order chi connectivity index (χ1) is 16.2. The molecule has 0 bridgehead atoms. The van der Waals surface area contributed by atoms with Crippen molar-refractivity contribution in [3.63, 3.8) is 0 Å². The Labute approximate surface area is 191 Å². The molecule has 0 saturated carbocycles. The quantitative estimate of drug-likeness (QED) is 0.165. The first-order valence-corrected chi connectivity index (χ1v) is 10.3. The third-order valence-electron chi connectivity index (χ3n) is 5.06. The Bertz CT molecular complexity index is 1260. The molecule has 1 aromatic heterocycles. The zero-order valence-corrected chi connectivity index (χ0v) is 18.2. The number of ether oxygens (including phenoxy) is 3. The number of nitrogens with two attached hydrogens (primary N) is 2. The summed E-state index contributed by atoms with van der Waals surface area (Å²) in [6.45, 7) is 0.769. The number of nitrogens with zero attached hydrogens (tertiary/aromatic N) is 2. The van der Waals surface area contributed by atoms with E-state index in [9.17, 15) is 0 Å². The van der Waals surface area contributed by atoms with Crippen LogP contribution >= 0.6 is 0 Å². The average molecular weight is 444 g/mol. The fourth-order valence-electron chi connectivity index (χ4n) is 3.32. The van der Waals surface area contributed by atoms with E-state index in [0.29, 0.717) is 36.1 Å². The highest BCUT2D eigenvalue weighted by Gasteiger charge is 2.10. The molecule has 0 fully saturated rings. The summed E-state index contributed by atoms with van der Waals surface area (Å²) in [4.78, 5) is 4.63. The van der Waals surface area contributed by atoms with E-state index in [4.69, 9.17) is 25.9 Å². The zero-order valence-electron chi connectivity index (χ0n) is 18.2. The number of methoxy groups -OCH3 is 1. The molecule has 8 heteroatoms. The number of nitrogens with one attached hydrogen (secondary N) is 1. The number of pyridine rings is 1. The van der Waals surface area contributed by atoms with E-state index in [2.05, 4.69) is 21.6 Å². The lowest BCUT2D eigenvalue weighted by atomic mass is 10.2. The van der Waals surface area contributed by atoms with Crippen LogP contribution in [0, 0.1) is 0 Å². The Kier molecular flexibility index (Phi) is 6.87. The summed E-state index contributed by atoms with van der Waals surface area (Å²) in [5.74, 6) is 13.0. The third kappa shape index (κ3) is 5.31. The van der Waals surface area contributed by atoms with E-state index < -0.39 is 0 Å². The minimum atomic E-state index is 0.342. The predicted molar refractivity (Wildman–Crippen MR) is 128 cm³/mol. The van der Waals surface area contributed by atoms with Gasteiger partial charge >= 0.3 is 0 Å². The molecular formula is C25H25N5O3. The van der Waals surface area contributed by atoms with Crippen LogP contribution in [0.3, 0.4) is 0 Å². The molecule has 1 heterocycles. The van der Waals surface area contributed by atoms with Crippen molar-refractivity contribution in [3.05, 3.63) is 95.7 Å². The second-order valence-electron chi connectivity index (χ2n) is 7.20. The Hall–Kier alpha value is -4.30. The van der Waals surface area contributed by atoms with Gasteiger partial charge in [0, 0.05) is 10.9 Å². The van der Waals surface area contributed by atoms with Crippen molar-refractivity contribution in [2.75, 3.05) is 7.11 Å². The van der Waals surface area contributed by atoms with E-state index in [1.54, 1.807) is 25.3 Å². The van der Waals surface area contributed by atoms with Crippen molar-refractivity contribution >= 4 is 16.7 Å². The van der Waals surface area contributed by atoms with E-state index in [0.717, 1.165) is 27.9 Å². The van der Waals surface area contributed by atoms with E-state index in [-0.39, 0.29) is 0 Å². The standard InChI is InChI=1S/C25H25N5O3/c1-31-24-14-19(25(29-26)30-27)9-13-23(24)33-15-17-6-11-21(12-7-17)32-16-20-10-8-18-4-2-3-5-22(18)28-20/h2-14H,15-16,26-27H2,1H3,(H,29,30). The van der Waals surface area contributed by atoms with Crippen LogP contribution in [0.15, 0.2) is 84.0 Å². The molecule has 0 unspecified atom stereocenters. The number of fused-ring (bicyclic) bond motifs is 1. The summed E-state index contributed by atoms with van der Waals surface area (Å²) in [5.41, 5.74) is 5.96. The number of hydrazone groups is 1. The number of aromatic nitrogens is 1. The fourth-order valence-corrected chi connectivity index (χ4v) is 3.32. The van der Waals surface area contributed by atoms with Crippen LogP contribution in [0.2, 0.25) is 0 Å². The fraction of sp³-hybridized carbons (Fsp3) is 0.120.